The van der Waals surface area contributed by atoms with Crippen LogP contribution in [0, 0.1) is 5.92 Å². The van der Waals surface area contributed by atoms with E-state index in [1.807, 2.05) is 24.3 Å². The topological polar surface area (TPSA) is 80.6 Å². The van der Waals surface area contributed by atoms with Crippen molar-refractivity contribution in [1.82, 2.24) is 19.9 Å². The van der Waals surface area contributed by atoms with Gasteiger partial charge in [0.05, 0.1) is 18.8 Å². The van der Waals surface area contributed by atoms with Gasteiger partial charge >= 0.3 is 0 Å². The third-order valence-corrected chi connectivity index (χ3v) is 5.80. The fraction of sp³-hybridized carbons (Fsp3) is 0.478. The molecule has 0 spiro atoms. The average molecular weight is 411 g/mol. The zero-order chi connectivity index (χ0) is 21.1. The Balaban J connectivity index is 1.59. The third-order valence-electron chi connectivity index (χ3n) is 5.80. The van der Waals surface area contributed by atoms with Crippen LogP contribution in [0.1, 0.15) is 55.6 Å². The second kappa shape index (κ2) is 9.02. The summed E-state index contributed by atoms with van der Waals surface area (Å²) in [6.07, 6.45) is 1.93. The predicted octanol–water partition coefficient (Wildman–Crippen LogP) is 3.41. The van der Waals surface area contributed by atoms with Crippen molar-refractivity contribution in [1.29, 1.82) is 0 Å². The van der Waals surface area contributed by atoms with E-state index in [1.165, 1.54) is 0 Å². The van der Waals surface area contributed by atoms with Gasteiger partial charge < -0.3 is 14.8 Å². The molecule has 1 atom stereocenters. The van der Waals surface area contributed by atoms with Gasteiger partial charge in [0, 0.05) is 43.5 Å². The van der Waals surface area contributed by atoms with E-state index in [9.17, 15) is 4.79 Å². The number of nitrogens with zero attached hydrogens (tertiary/aromatic N) is 2. The van der Waals surface area contributed by atoms with E-state index in [0.29, 0.717) is 18.1 Å². The second-order valence-electron chi connectivity index (χ2n) is 8.27. The van der Waals surface area contributed by atoms with Crippen molar-refractivity contribution in [3.8, 4) is 5.75 Å². The van der Waals surface area contributed by atoms with Crippen LogP contribution in [-0.2, 0) is 11.3 Å². The van der Waals surface area contributed by atoms with Crippen molar-refractivity contribution in [3.63, 3.8) is 0 Å². The van der Waals surface area contributed by atoms with Gasteiger partial charge in [-0.2, -0.15) is 0 Å². The van der Waals surface area contributed by atoms with E-state index in [-0.39, 0.29) is 17.5 Å². The Labute approximate surface area is 176 Å². The summed E-state index contributed by atoms with van der Waals surface area (Å²) >= 11 is 0. The lowest BCUT2D eigenvalue weighted by molar-refractivity contribution is 0.0844. The van der Waals surface area contributed by atoms with Crippen LogP contribution in [0.15, 0.2) is 41.2 Å². The SMILES string of the molecule is COc1cccc(CNC(c2cc(=O)n3[nH]c(C4CCOCC4)cc3n2)C(C)C)c1. The number of aromatic nitrogens is 3. The highest BCUT2D eigenvalue weighted by Crippen LogP contribution is 2.27. The Kier molecular flexibility index (Phi) is 6.20. The number of hydrogen-bond acceptors (Lipinski definition) is 5. The van der Waals surface area contributed by atoms with Gasteiger partial charge in [-0.1, -0.05) is 26.0 Å². The Morgan fingerprint density at radius 3 is 2.80 bits per heavy atom. The number of rotatable bonds is 7. The number of methoxy groups -OCH3 is 1. The van der Waals surface area contributed by atoms with Gasteiger partial charge in [0.25, 0.3) is 5.56 Å². The molecular weight excluding hydrogens is 380 g/mol. The maximum atomic E-state index is 12.8. The van der Waals surface area contributed by atoms with E-state index in [1.54, 1.807) is 17.7 Å². The highest BCUT2D eigenvalue weighted by atomic mass is 16.5. The molecule has 1 aromatic carbocycles. The molecular formula is C23H30N4O3. The van der Waals surface area contributed by atoms with Crippen molar-refractivity contribution < 1.29 is 9.47 Å². The Morgan fingerprint density at radius 1 is 1.27 bits per heavy atom. The molecule has 30 heavy (non-hydrogen) atoms. The molecule has 0 bridgehead atoms. The van der Waals surface area contributed by atoms with Gasteiger partial charge in [-0.05, 0) is 36.5 Å². The van der Waals surface area contributed by atoms with E-state index < -0.39 is 0 Å². The Hall–Kier alpha value is -2.64. The lowest BCUT2D eigenvalue weighted by Gasteiger charge is -2.22. The van der Waals surface area contributed by atoms with Crippen molar-refractivity contribution in [2.45, 2.75) is 45.2 Å². The van der Waals surface area contributed by atoms with E-state index in [2.05, 4.69) is 30.3 Å². The maximum Gasteiger partial charge on any atom is 0.272 e. The number of aromatic amines is 1. The zero-order valence-electron chi connectivity index (χ0n) is 17.9. The molecule has 4 rings (SSSR count). The lowest BCUT2D eigenvalue weighted by Crippen LogP contribution is -2.28. The minimum Gasteiger partial charge on any atom is -0.497 e. The van der Waals surface area contributed by atoms with Crippen LogP contribution in [0.3, 0.4) is 0 Å². The first-order valence-electron chi connectivity index (χ1n) is 10.6. The minimum atomic E-state index is -0.0814. The summed E-state index contributed by atoms with van der Waals surface area (Å²) in [5.41, 5.74) is 3.55. The number of nitrogens with one attached hydrogen (secondary N) is 2. The van der Waals surface area contributed by atoms with Crippen LogP contribution in [0.25, 0.3) is 5.65 Å². The molecule has 160 valence electrons. The van der Waals surface area contributed by atoms with Crippen molar-refractivity contribution in [2.24, 2.45) is 5.92 Å². The van der Waals surface area contributed by atoms with Gasteiger partial charge in [0.15, 0.2) is 5.65 Å². The number of benzene rings is 1. The lowest BCUT2D eigenvalue weighted by atomic mass is 9.97. The van der Waals surface area contributed by atoms with E-state index >= 15 is 0 Å². The molecule has 0 radical (unpaired) electrons. The van der Waals surface area contributed by atoms with Gasteiger partial charge in [-0.25, -0.2) is 9.50 Å². The molecule has 3 heterocycles. The third kappa shape index (κ3) is 4.42. The molecule has 7 nitrogen and oxygen atoms in total. The molecule has 1 aliphatic rings. The quantitative estimate of drug-likeness (QED) is 0.624. The summed E-state index contributed by atoms with van der Waals surface area (Å²) in [5.74, 6) is 1.50. The first-order chi connectivity index (χ1) is 14.5. The largest absolute Gasteiger partial charge is 0.497 e. The molecule has 1 saturated heterocycles. The highest BCUT2D eigenvalue weighted by molar-refractivity contribution is 5.41. The summed E-state index contributed by atoms with van der Waals surface area (Å²) in [4.78, 5) is 17.6. The average Bonchev–Trinajstić information content (AvgIpc) is 3.19. The molecule has 0 aliphatic carbocycles. The monoisotopic (exact) mass is 410 g/mol. The van der Waals surface area contributed by atoms with Crippen LogP contribution in [0.2, 0.25) is 0 Å². The van der Waals surface area contributed by atoms with Crippen LogP contribution in [-0.4, -0.2) is 34.9 Å². The molecule has 0 saturated carbocycles. The van der Waals surface area contributed by atoms with Crippen molar-refractivity contribution >= 4 is 5.65 Å². The molecule has 3 aromatic rings. The molecule has 1 unspecified atom stereocenters. The zero-order valence-corrected chi connectivity index (χ0v) is 17.9. The van der Waals surface area contributed by atoms with Crippen LogP contribution in [0.5, 0.6) is 5.75 Å². The maximum absolute atomic E-state index is 12.8. The Morgan fingerprint density at radius 2 is 2.07 bits per heavy atom. The smallest absolute Gasteiger partial charge is 0.272 e. The molecule has 2 aromatic heterocycles. The van der Waals surface area contributed by atoms with E-state index in [0.717, 1.165) is 48.8 Å². The molecule has 2 N–H and O–H groups in total. The summed E-state index contributed by atoms with van der Waals surface area (Å²) in [6, 6.07) is 11.6. The summed E-state index contributed by atoms with van der Waals surface area (Å²) < 4.78 is 12.3. The number of ether oxygens (including phenoxy) is 2. The summed E-state index contributed by atoms with van der Waals surface area (Å²) in [6.45, 7) is 6.46. The number of H-pyrrole nitrogens is 1. The van der Waals surface area contributed by atoms with Crippen LogP contribution < -0.4 is 15.6 Å². The van der Waals surface area contributed by atoms with Crippen molar-refractivity contribution in [3.05, 3.63) is 63.7 Å². The van der Waals surface area contributed by atoms with Crippen LogP contribution >= 0.6 is 0 Å². The highest BCUT2D eigenvalue weighted by Gasteiger charge is 2.22. The van der Waals surface area contributed by atoms with Gasteiger partial charge in [-0.3, -0.25) is 9.89 Å². The fourth-order valence-electron chi connectivity index (χ4n) is 4.10. The van der Waals surface area contributed by atoms with Gasteiger partial charge in [0.1, 0.15) is 5.75 Å². The summed E-state index contributed by atoms with van der Waals surface area (Å²) in [5, 5.41) is 6.82. The standard InChI is InChI=1S/C23H30N4O3/c1-15(2)23(24-14-16-5-4-6-18(11-16)29-3)20-13-22(28)27-21(25-20)12-19(26-27)17-7-9-30-10-8-17/h4-6,11-13,15,17,23-24,26H,7-10,14H2,1-3H3. The molecule has 1 aliphatic heterocycles. The molecule has 7 heteroatoms. The van der Waals surface area contributed by atoms with Crippen LogP contribution in [0.4, 0.5) is 0 Å². The van der Waals surface area contributed by atoms with E-state index in [4.69, 9.17) is 14.5 Å². The fourth-order valence-corrected chi connectivity index (χ4v) is 4.10. The Bertz CT molecular complexity index is 1050. The molecule has 0 amide bonds. The first-order valence-corrected chi connectivity index (χ1v) is 10.6. The minimum absolute atomic E-state index is 0.0321. The van der Waals surface area contributed by atoms with Gasteiger partial charge in [0.2, 0.25) is 0 Å². The molecule has 1 fully saturated rings. The second-order valence-corrected chi connectivity index (χ2v) is 8.27. The predicted molar refractivity (Wildman–Crippen MR) is 116 cm³/mol. The van der Waals surface area contributed by atoms with Crippen molar-refractivity contribution in [2.75, 3.05) is 20.3 Å². The normalized spacial score (nSPS) is 16.3. The summed E-state index contributed by atoms with van der Waals surface area (Å²) in [7, 11) is 1.67. The number of fused-ring (bicyclic) bond motifs is 1. The first kappa shape index (κ1) is 20.6. The number of hydrogen-bond donors (Lipinski definition) is 2. The van der Waals surface area contributed by atoms with Gasteiger partial charge in [-0.15, -0.1) is 0 Å².